The van der Waals surface area contributed by atoms with Gasteiger partial charge in [0.25, 0.3) is 0 Å². The Bertz CT molecular complexity index is 961. The van der Waals surface area contributed by atoms with E-state index in [0.717, 1.165) is 22.5 Å². The number of rotatable bonds is 1. The van der Waals surface area contributed by atoms with E-state index in [1.165, 1.54) is 10.8 Å². The van der Waals surface area contributed by atoms with Crippen LogP contribution in [0, 0.1) is 6.92 Å². The number of aryl methyl sites for hydroxylation is 1. The fourth-order valence-electron chi connectivity index (χ4n) is 2.85. The second kappa shape index (κ2) is 4.35. The largest absolute Gasteiger partial charge is 0.383 e. The highest BCUT2D eigenvalue weighted by Gasteiger charge is 2.14. The monoisotopic (exact) mass is 273 g/mol. The average Bonchev–Trinajstić information content (AvgIpc) is 2.85. The number of nitrogens with two attached hydrogens (primary N) is 1. The minimum atomic E-state index is 0.685. The van der Waals surface area contributed by atoms with Crippen molar-refractivity contribution in [1.82, 2.24) is 9.38 Å². The summed E-state index contributed by atoms with van der Waals surface area (Å²) in [5.41, 5.74) is 10.3. The topological polar surface area (TPSA) is 43.3 Å². The van der Waals surface area contributed by atoms with Crippen LogP contribution in [0.2, 0.25) is 0 Å². The molecule has 0 atom stereocenters. The van der Waals surface area contributed by atoms with Gasteiger partial charge in [-0.1, -0.05) is 48.5 Å². The SMILES string of the molecule is Cc1cccn2c(N)c(-c3cccc4ccccc34)nc12. The highest BCUT2D eigenvalue weighted by Crippen LogP contribution is 2.32. The van der Waals surface area contributed by atoms with E-state index in [0.29, 0.717) is 5.82 Å². The van der Waals surface area contributed by atoms with Crippen molar-refractivity contribution in [2.45, 2.75) is 6.92 Å². The minimum absolute atomic E-state index is 0.685. The molecule has 0 unspecified atom stereocenters. The van der Waals surface area contributed by atoms with Gasteiger partial charge in [-0.25, -0.2) is 4.98 Å². The first kappa shape index (κ1) is 12.0. The van der Waals surface area contributed by atoms with Crippen molar-refractivity contribution < 1.29 is 0 Å². The summed E-state index contributed by atoms with van der Waals surface area (Å²) in [4.78, 5) is 4.77. The number of fused-ring (bicyclic) bond motifs is 2. The molecule has 0 spiro atoms. The molecule has 2 aromatic carbocycles. The van der Waals surface area contributed by atoms with Crippen LogP contribution in [0.5, 0.6) is 0 Å². The second-order valence-corrected chi connectivity index (χ2v) is 5.26. The van der Waals surface area contributed by atoms with Crippen molar-refractivity contribution in [2.75, 3.05) is 5.73 Å². The van der Waals surface area contributed by atoms with E-state index in [1.54, 1.807) is 0 Å². The van der Waals surface area contributed by atoms with Gasteiger partial charge in [0.05, 0.1) is 0 Å². The summed E-state index contributed by atoms with van der Waals surface area (Å²) in [5.74, 6) is 0.685. The van der Waals surface area contributed by atoms with Crippen LogP contribution >= 0.6 is 0 Å². The number of anilines is 1. The lowest BCUT2D eigenvalue weighted by atomic mass is 10.0. The average molecular weight is 273 g/mol. The Morgan fingerprint density at radius 3 is 2.62 bits per heavy atom. The number of pyridine rings is 1. The van der Waals surface area contributed by atoms with Gasteiger partial charge in [0.15, 0.2) is 0 Å². The molecule has 2 aromatic heterocycles. The predicted molar refractivity (Wildman–Crippen MR) is 87.3 cm³/mol. The molecule has 0 radical (unpaired) electrons. The molecule has 3 nitrogen and oxygen atoms in total. The number of imidazole rings is 1. The summed E-state index contributed by atoms with van der Waals surface area (Å²) in [6.45, 7) is 2.05. The third-order valence-electron chi connectivity index (χ3n) is 3.93. The quantitative estimate of drug-likeness (QED) is 0.568. The fraction of sp³-hybridized carbons (Fsp3) is 0.0556. The Morgan fingerprint density at radius 2 is 1.76 bits per heavy atom. The van der Waals surface area contributed by atoms with E-state index in [-0.39, 0.29) is 0 Å². The molecular formula is C18H15N3. The highest BCUT2D eigenvalue weighted by molar-refractivity contribution is 5.98. The van der Waals surface area contributed by atoms with Crippen molar-refractivity contribution in [1.29, 1.82) is 0 Å². The molecule has 3 heteroatoms. The maximum Gasteiger partial charge on any atom is 0.142 e. The summed E-state index contributed by atoms with van der Waals surface area (Å²) in [6.07, 6.45) is 1.96. The molecule has 4 rings (SSSR count). The predicted octanol–water partition coefficient (Wildman–Crippen LogP) is 4.05. The van der Waals surface area contributed by atoms with E-state index >= 15 is 0 Å². The van der Waals surface area contributed by atoms with Crippen LogP contribution in [-0.2, 0) is 0 Å². The van der Waals surface area contributed by atoms with E-state index in [4.69, 9.17) is 10.7 Å². The maximum atomic E-state index is 6.33. The zero-order valence-corrected chi connectivity index (χ0v) is 11.7. The summed E-state index contributed by atoms with van der Waals surface area (Å²) in [6, 6.07) is 18.6. The number of nitrogens with zero attached hydrogens (tertiary/aromatic N) is 2. The van der Waals surface area contributed by atoms with Crippen LogP contribution < -0.4 is 5.73 Å². The minimum Gasteiger partial charge on any atom is -0.383 e. The molecule has 4 aromatic rings. The first-order chi connectivity index (χ1) is 10.3. The number of nitrogen functional groups attached to an aromatic ring is 1. The van der Waals surface area contributed by atoms with Gasteiger partial charge in [0.2, 0.25) is 0 Å². The summed E-state index contributed by atoms with van der Waals surface area (Å²) >= 11 is 0. The smallest absolute Gasteiger partial charge is 0.142 e. The van der Waals surface area contributed by atoms with Gasteiger partial charge < -0.3 is 5.73 Å². The molecule has 0 aliphatic carbocycles. The molecular weight excluding hydrogens is 258 g/mol. The molecule has 0 aliphatic heterocycles. The zero-order chi connectivity index (χ0) is 14.4. The lowest BCUT2D eigenvalue weighted by molar-refractivity contribution is 1.17. The molecule has 0 saturated carbocycles. The van der Waals surface area contributed by atoms with Crippen LogP contribution in [0.4, 0.5) is 5.82 Å². The van der Waals surface area contributed by atoms with Crippen LogP contribution in [0.15, 0.2) is 60.8 Å². The molecule has 0 amide bonds. The third-order valence-corrected chi connectivity index (χ3v) is 3.93. The number of hydrogen-bond acceptors (Lipinski definition) is 2. The Labute approximate surface area is 122 Å². The highest BCUT2D eigenvalue weighted by atomic mass is 15.1. The van der Waals surface area contributed by atoms with Crippen LogP contribution in [-0.4, -0.2) is 9.38 Å². The van der Waals surface area contributed by atoms with E-state index < -0.39 is 0 Å². The van der Waals surface area contributed by atoms with Crippen molar-refractivity contribution in [2.24, 2.45) is 0 Å². The van der Waals surface area contributed by atoms with Gasteiger partial charge >= 0.3 is 0 Å². The number of hydrogen-bond donors (Lipinski definition) is 1. The Kier molecular flexibility index (Phi) is 2.48. The van der Waals surface area contributed by atoms with Gasteiger partial charge in [-0.15, -0.1) is 0 Å². The third kappa shape index (κ3) is 1.71. The van der Waals surface area contributed by atoms with Gasteiger partial charge in [-0.05, 0) is 29.3 Å². The van der Waals surface area contributed by atoms with E-state index in [9.17, 15) is 0 Å². The van der Waals surface area contributed by atoms with Crippen LogP contribution in [0.1, 0.15) is 5.56 Å². The molecule has 0 aliphatic rings. The first-order valence-corrected chi connectivity index (χ1v) is 6.97. The van der Waals surface area contributed by atoms with Crippen molar-refractivity contribution in [3.8, 4) is 11.3 Å². The van der Waals surface area contributed by atoms with Gasteiger partial charge in [0.1, 0.15) is 17.2 Å². The van der Waals surface area contributed by atoms with Crippen LogP contribution in [0.25, 0.3) is 27.7 Å². The molecule has 21 heavy (non-hydrogen) atoms. The molecule has 2 heterocycles. The van der Waals surface area contributed by atoms with E-state index in [2.05, 4.69) is 37.3 Å². The number of benzene rings is 2. The van der Waals surface area contributed by atoms with Crippen molar-refractivity contribution in [3.05, 3.63) is 66.4 Å². The normalized spacial score (nSPS) is 11.3. The molecule has 0 saturated heterocycles. The van der Waals surface area contributed by atoms with E-state index in [1.807, 2.05) is 34.9 Å². The van der Waals surface area contributed by atoms with Crippen LogP contribution in [0.3, 0.4) is 0 Å². The lowest BCUT2D eigenvalue weighted by Gasteiger charge is -2.04. The molecule has 2 N–H and O–H groups in total. The maximum absolute atomic E-state index is 6.33. The Morgan fingerprint density at radius 1 is 0.952 bits per heavy atom. The van der Waals surface area contributed by atoms with Gasteiger partial charge in [-0.3, -0.25) is 4.40 Å². The molecule has 102 valence electrons. The van der Waals surface area contributed by atoms with Crippen molar-refractivity contribution >= 4 is 22.2 Å². The van der Waals surface area contributed by atoms with Gasteiger partial charge in [0, 0.05) is 11.8 Å². The lowest BCUT2D eigenvalue weighted by Crippen LogP contribution is -1.94. The standard InChI is InChI=1S/C18H15N3/c1-12-6-5-11-21-17(19)16(20-18(12)21)15-10-4-8-13-7-2-3-9-14(13)15/h2-11H,19H2,1H3. The molecule has 0 bridgehead atoms. The zero-order valence-electron chi connectivity index (χ0n) is 11.7. The Hall–Kier alpha value is -2.81. The Balaban J connectivity index is 2.10. The molecule has 0 fully saturated rings. The first-order valence-electron chi connectivity index (χ1n) is 6.97. The fourth-order valence-corrected chi connectivity index (χ4v) is 2.85. The second-order valence-electron chi connectivity index (χ2n) is 5.26. The summed E-state index contributed by atoms with van der Waals surface area (Å²) < 4.78 is 1.95. The van der Waals surface area contributed by atoms with Gasteiger partial charge in [-0.2, -0.15) is 0 Å². The summed E-state index contributed by atoms with van der Waals surface area (Å²) in [7, 11) is 0. The summed E-state index contributed by atoms with van der Waals surface area (Å²) in [5, 5.41) is 2.37. The van der Waals surface area contributed by atoms with Crippen molar-refractivity contribution in [3.63, 3.8) is 0 Å². The number of aromatic nitrogens is 2.